The van der Waals surface area contributed by atoms with Gasteiger partial charge in [0.2, 0.25) is 0 Å². The van der Waals surface area contributed by atoms with Crippen LogP contribution in [0.1, 0.15) is 49.7 Å². The molecule has 0 unspecified atom stereocenters. The zero-order valence-electron chi connectivity index (χ0n) is 11.4. The van der Waals surface area contributed by atoms with Gasteiger partial charge >= 0.3 is 0 Å². The Morgan fingerprint density at radius 3 is 2.50 bits per heavy atom. The maximum absolute atomic E-state index is 5.98. The number of rotatable bonds is 4. The van der Waals surface area contributed by atoms with E-state index in [0.29, 0.717) is 12.4 Å². The molecule has 1 heterocycles. The van der Waals surface area contributed by atoms with Gasteiger partial charge in [-0.05, 0) is 46.5 Å². The molecule has 1 saturated carbocycles. The molecular formula is C13H22N4O. The Bertz CT molecular complexity index is 427. The summed E-state index contributed by atoms with van der Waals surface area (Å²) in [6.07, 6.45) is 4.32. The SMILES string of the molecule is CCOC1(c2nc(C)c(C)c(NN)n2)CCCC1. The van der Waals surface area contributed by atoms with Gasteiger partial charge in [-0.2, -0.15) is 0 Å². The molecule has 0 atom stereocenters. The van der Waals surface area contributed by atoms with Crippen LogP contribution in [-0.2, 0) is 10.3 Å². The van der Waals surface area contributed by atoms with Crippen LogP contribution in [0.5, 0.6) is 0 Å². The van der Waals surface area contributed by atoms with Crippen molar-refractivity contribution in [2.75, 3.05) is 12.0 Å². The van der Waals surface area contributed by atoms with E-state index >= 15 is 0 Å². The van der Waals surface area contributed by atoms with Crippen molar-refractivity contribution in [2.45, 2.75) is 52.1 Å². The zero-order valence-corrected chi connectivity index (χ0v) is 11.4. The Morgan fingerprint density at radius 1 is 1.28 bits per heavy atom. The van der Waals surface area contributed by atoms with Gasteiger partial charge in [-0.3, -0.25) is 0 Å². The molecule has 2 rings (SSSR count). The third-order valence-corrected chi connectivity index (χ3v) is 3.77. The van der Waals surface area contributed by atoms with E-state index in [4.69, 9.17) is 10.6 Å². The molecule has 18 heavy (non-hydrogen) atoms. The number of nitrogens with two attached hydrogens (primary N) is 1. The van der Waals surface area contributed by atoms with Crippen molar-refractivity contribution in [3.63, 3.8) is 0 Å². The van der Waals surface area contributed by atoms with Gasteiger partial charge in [0, 0.05) is 17.9 Å². The van der Waals surface area contributed by atoms with Crippen molar-refractivity contribution in [2.24, 2.45) is 5.84 Å². The highest BCUT2D eigenvalue weighted by Gasteiger charge is 2.39. The second-order valence-electron chi connectivity index (χ2n) is 4.88. The molecule has 3 N–H and O–H groups in total. The number of nitrogens with one attached hydrogen (secondary N) is 1. The Balaban J connectivity index is 2.45. The number of nitrogen functional groups attached to an aromatic ring is 1. The fraction of sp³-hybridized carbons (Fsp3) is 0.692. The lowest BCUT2D eigenvalue weighted by Gasteiger charge is -2.28. The molecular weight excluding hydrogens is 228 g/mol. The van der Waals surface area contributed by atoms with Crippen LogP contribution in [0, 0.1) is 13.8 Å². The van der Waals surface area contributed by atoms with E-state index in [1.54, 1.807) is 0 Å². The summed E-state index contributed by atoms with van der Waals surface area (Å²) >= 11 is 0. The van der Waals surface area contributed by atoms with Crippen LogP contribution in [0.2, 0.25) is 0 Å². The van der Waals surface area contributed by atoms with Crippen molar-refractivity contribution in [3.05, 3.63) is 17.1 Å². The molecule has 1 fully saturated rings. The van der Waals surface area contributed by atoms with Crippen LogP contribution in [0.3, 0.4) is 0 Å². The fourth-order valence-corrected chi connectivity index (χ4v) is 2.63. The summed E-state index contributed by atoms with van der Waals surface area (Å²) < 4.78 is 5.98. The largest absolute Gasteiger partial charge is 0.367 e. The van der Waals surface area contributed by atoms with E-state index in [1.165, 1.54) is 12.8 Å². The lowest BCUT2D eigenvalue weighted by Crippen LogP contribution is -2.30. The molecule has 1 aromatic heterocycles. The van der Waals surface area contributed by atoms with E-state index in [0.717, 1.165) is 29.9 Å². The summed E-state index contributed by atoms with van der Waals surface area (Å²) in [5.74, 6) is 7.00. The Hall–Kier alpha value is -1.20. The summed E-state index contributed by atoms with van der Waals surface area (Å²) in [6.45, 7) is 6.65. The first-order chi connectivity index (χ1) is 8.63. The van der Waals surface area contributed by atoms with Crippen LogP contribution in [-0.4, -0.2) is 16.6 Å². The topological polar surface area (TPSA) is 73.1 Å². The van der Waals surface area contributed by atoms with Gasteiger partial charge in [0.05, 0.1) is 0 Å². The number of hydrogen-bond donors (Lipinski definition) is 2. The van der Waals surface area contributed by atoms with E-state index in [9.17, 15) is 0 Å². The van der Waals surface area contributed by atoms with Gasteiger partial charge in [-0.15, -0.1) is 0 Å². The van der Waals surface area contributed by atoms with Crippen LogP contribution < -0.4 is 11.3 Å². The van der Waals surface area contributed by atoms with Gasteiger partial charge in [-0.1, -0.05) is 0 Å². The quantitative estimate of drug-likeness (QED) is 0.633. The van der Waals surface area contributed by atoms with Crippen LogP contribution >= 0.6 is 0 Å². The number of hydrazine groups is 1. The first-order valence-corrected chi connectivity index (χ1v) is 6.59. The van der Waals surface area contributed by atoms with Crippen molar-refractivity contribution in [3.8, 4) is 0 Å². The molecule has 5 heteroatoms. The van der Waals surface area contributed by atoms with Gasteiger partial charge < -0.3 is 10.2 Å². The monoisotopic (exact) mass is 250 g/mol. The Kier molecular flexibility index (Phi) is 3.82. The third kappa shape index (κ3) is 2.20. The van der Waals surface area contributed by atoms with Crippen molar-refractivity contribution in [1.29, 1.82) is 0 Å². The molecule has 1 aliphatic rings. The number of anilines is 1. The second-order valence-corrected chi connectivity index (χ2v) is 4.88. The molecule has 1 aromatic rings. The lowest BCUT2D eigenvalue weighted by molar-refractivity contribution is -0.0457. The van der Waals surface area contributed by atoms with E-state index in [1.807, 2.05) is 20.8 Å². The van der Waals surface area contributed by atoms with Crippen LogP contribution in [0.25, 0.3) is 0 Å². The zero-order chi connectivity index (χ0) is 13.2. The molecule has 0 saturated heterocycles. The minimum Gasteiger partial charge on any atom is -0.367 e. The van der Waals surface area contributed by atoms with Crippen molar-refractivity contribution >= 4 is 5.82 Å². The average molecular weight is 250 g/mol. The van der Waals surface area contributed by atoms with E-state index in [-0.39, 0.29) is 5.60 Å². The number of nitrogens with zero attached hydrogens (tertiary/aromatic N) is 2. The second kappa shape index (κ2) is 5.20. The van der Waals surface area contributed by atoms with Crippen LogP contribution in [0.15, 0.2) is 0 Å². The number of hydrogen-bond acceptors (Lipinski definition) is 5. The van der Waals surface area contributed by atoms with E-state index in [2.05, 4.69) is 15.4 Å². The molecule has 0 amide bonds. The molecule has 0 bridgehead atoms. The fourth-order valence-electron chi connectivity index (χ4n) is 2.63. The summed E-state index contributed by atoms with van der Waals surface area (Å²) in [4.78, 5) is 9.17. The first kappa shape index (κ1) is 13.2. The van der Waals surface area contributed by atoms with E-state index < -0.39 is 0 Å². The Labute approximate surface area is 108 Å². The molecule has 0 aromatic carbocycles. The lowest BCUT2D eigenvalue weighted by atomic mass is 10.0. The number of ether oxygens (including phenoxy) is 1. The highest BCUT2D eigenvalue weighted by molar-refractivity contribution is 5.44. The summed E-state index contributed by atoms with van der Waals surface area (Å²) in [5, 5.41) is 0. The smallest absolute Gasteiger partial charge is 0.162 e. The van der Waals surface area contributed by atoms with Gasteiger partial charge in [0.15, 0.2) is 5.82 Å². The predicted octanol–water partition coefficient (Wildman–Crippen LogP) is 2.18. The van der Waals surface area contributed by atoms with Gasteiger partial charge in [0.25, 0.3) is 0 Å². The summed E-state index contributed by atoms with van der Waals surface area (Å²) in [5.41, 5.74) is 4.29. The molecule has 5 nitrogen and oxygen atoms in total. The standard InChI is InChI=1S/C13H22N4O/c1-4-18-13(7-5-6-8-13)12-15-10(3)9(2)11(16-12)17-14/h4-8,14H2,1-3H3,(H,15,16,17). The first-order valence-electron chi connectivity index (χ1n) is 6.59. The summed E-state index contributed by atoms with van der Waals surface area (Å²) in [7, 11) is 0. The molecule has 0 spiro atoms. The predicted molar refractivity (Wildman–Crippen MR) is 71.1 cm³/mol. The summed E-state index contributed by atoms with van der Waals surface area (Å²) in [6, 6.07) is 0. The molecule has 0 aliphatic heterocycles. The molecule has 100 valence electrons. The molecule has 1 aliphatic carbocycles. The normalized spacial score (nSPS) is 18.0. The minimum absolute atomic E-state index is 0.307. The minimum atomic E-state index is -0.307. The number of aromatic nitrogens is 2. The average Bonchev–Trinajstić information content (AvgIpc) is 2.82. The van der Waals surface area contributed by atoms with Gasteiger partial charge in [-0.25, -0.2) is 15.8 Å². The van der Waals surface area contributed by atoms with Gasteiger partial charge in [0.1, 0.15) is 11.4 Å². The highest BCUT2D eigenvalue weighted by atomic mass is 16.5. The maximum atomic E-state index is 5.98. The Morgan fingerprint density at radius 2 is 1.94 bits per heavy atom. The highest BCUT2D eigenvalue weighted by Crippen LogP contribution is 2.41. The van der Waals surface area contributed by atoms with Crippen molar-refractivity contribution in [1.82, 2.24) is 9.97 Å². The van der Waals surface area contributed by atoms with Crippen LogP contribution in [0.4, 0.5) is 5.82 Å². The number of aryl methyl sites for hydroxylation is 1. The van der Waals surface area contributed by atoms with Crippen molar-refractivity contribution < 1.29 is 4.74 Å². The third-order valence-electron chi connectivity index (χ3n) is 3.77. The molecule has 0 radical (unpaired) electrons. The maximum Gasteiger partial charge on any atom is 0.162 e.